The first-order valence-corrected chi connectivity index (χ1v) is 14.1. The molecule has 2 aromatic heterocycles. The number of likely N-dealkylation sites (N-methyl/N-ethyl adjacent to an activating group) is 1. The third-order valence-electron chi connectivity index (χ3n) is 7.00. The van der Waals surface area contributed by atoms with Crippen molar-refractivity contribution in [3.63, 3.8) is 0 Å². The van der Waals surface area contributed by atoms with Crippen LogP contribution in [0.5, 0.6) is 5.75 Å². The van der Waals surface area contributed by atoms with Crippen molar-refractivity contribution in [3.8, 4) is 5.75 Å². The summed E-state index contributed by atoms with van der Waals surface area (Å²) < 4.78 is 19.1. The molecule has 0 spiro atoms. The maximum absolute atomic E-state index is 13.9. The van der Waals surface area contributed by atoms with E-state index >= 15 is 0 Å². The van der Waals surface area contributed by atoms with E-state index in [4.69, 9.17) is 18.9 Å². The second-order valence-corrected chi connectivity index (χ2v) is 10.7. The number of nitrogens with zero attached hydrogens (tertiary/aromatic N) is 4. The van der Waals surface area contributed by atoms with Crippen molar-refractivity contribution in [1.82, 2.24) is 9.47 Å². The molecule has 0 saturated carbocycles. The minimum atomic E-state index is -0.684. The van der Waals surface area contributed by atoms with Gasteiger partial charge in [-0.25, -0.2) is 9.79 Å². The first-order chi connectivity index (χ1) is 18.9. The molecule has 0 N–H and O–H groups in total. The van der Waals surface area contributed by atoms with Gasteiger partial charge < -0.3 is 23.7 Å². The number of anilines is 1. The molecular weight excluding hydrogens is 516 g/mol. The summed E-state index contributed by atoms with van der Waals surface area (Å²) in [6.07, 6.45) is 3.15. The van der Waals surface area contributed by atoms with Gasteiger partial charge in [0.15, 0.2) is 10.7 Å². The maximum Gasteiger partial charge on any atom is 0.338 e. The summed E-state index contributed by atoms with van der Waals surface area (Å²) in [6, 6.07) is 10.6. The molecule has 1 atom stereocenters. The van der Waals surface area contributed by atoms with Gasteiger partial charge in [0.1, 0.15) is 11.5 Å². The van der Waals surface area contributed by atoms with E-state index in [2.05, 4.69) is 16.8 Å². The number of carbonyl (C=O) groups excluding carboxylic acids is 1. The summed E-state index contributed by atoms with van der Waals surface area (Å²) in [7, 11) is 3.71. The fraction of sp³-hybridized carbons (Fsp3) is 0.414. The Morgan fingerprint density at radius 1 is 1.18 bits per heavy atom. The Labute approximate surface area is 231 Å². The first kappa shape index (κ1) is 27.0. The second-order valence-electron chi connectivity index (χ2n) is 9.66. The number of fused-ring (bicyclic) bond motifs is 1. The lowest BCUT2D eigenvalue weighted by molar-refractivity contribution is -0.139. The van der Waals surface area contributed by atoms with Crippen LogP contribution in [0.15, 0.2) is 61.9 Å². The summed E-state index contributed by atoms with van der Waals surface area (Å²) in [5, 5.41) is 0. The van der Waals surface area contributed by atoms with Crippen LogP contribution in [0.4, 0.5) is 5.88 Å². The van der Waals surface area contributed by atoms with Gasteiger partial charge >= 0.3 is 5.97 Å². The molecule has 1 fully saturated rings. The molecular formula is C29H34N4O5S. The zero-order valence-corrected chi connectivity index (χ0v) is 23.6. The van der Waals surface area contributed by atoms with Crippen LogP contribution in [-0.4, -0.2) is 62.4 Å². The summed E-state index contributed by atoms with van der Waals surface area (Å²) in [5.41, 5.74) is 1.55. The SMILES string of the molecule is CCCC1=C(C(=O)OCC)[C@@H](c2cccc(OC)c2)n2c(sc(=Cc3ccc(N4CCN(C)CC4)o3)c2=O)=N1. The Morgan fingerprint density at radius 3 is 2.69 bits per heavy atom. The highest BCUT2D eigenvalue weighted by atomic mass is 32.1. The van der Waals surface area contributed by atoms with Crippen LogP contribution >= 0.6 is 11.3 Å². The van der Waals surface area contributed by atoms with E-state index in [1.165, 1.54) is 11.3 Å². The monoisotopic (exact) mass is 550 g/mol. The number of ether oxygens (including phenoxy) is 2. The maximum atomic E-state index is 13.9. The molecule has 9 nitrogen and oxygen atoms in total. The standard InChI is InChI=1S/C29H34N4O5S/c1-5-8-22-25(28(35)37-6-2)26(19-9-7-10-20(17-19)36-4)33-27(34)23(39-29(33)30-22)18-21-11-12-24(38-21)32-15-13-31(3)14-16-32/h7,9-12,17-18,26H,5-6,8,13-16H2,1-4H3/t26-/m1/s1. The molecule has 1 aromatic carbocycles. The number of furan rings is 1. The van der Waals surface area contributed by atoms with Crippen molar-refractivity contribution in [2.45, 2.75) is 32.7 Å². The lowest BCUT2D eigenvalue weighted by Crippen LogP contribution is -2.44. The van der Waals surface area contributed by atoms with Gasteiger partial charge in [0.05, 0.1) is 35.6 Å². The Morgan fingerprint density at radius 2 is 1.97 bits per heavy atom. The Kier molecular flexibility index (Phi) is 8.04. The molecule has 4 heterocycles. The molecule has 39 heavy (non-hydrogen) atoms. The number of piperazine rings is 1. The summed E-state index contributed by atoms with van der Waals surface area (Å²) in [5.74, 6) is 1.57. The van der Waals surface area contributed by atoms with E-state index in [-0.39, 0.29) is 12.2 Å². The number of hydrogen-bond acceptors (Lipinski definition) is 9. The highest BCUT2D eigenvalue weighted by molar-refractivity contribution is 7.07. The van der Waals surface area contributed by atoms with Gasteiger partial charge in [-0.05, 0) is 44.2 Å². The molecule has 2 aliphatic heterocycles. The number of rotatable bonds is 8. The number of aromatic nitrogens is 1. The van der Waals surface area contributed by atoms with Crippen LogP contribution in [-0.2, 0) is 9.53 Å². The number of thiazole rings is 1. The van der Waals surface area contributed by atoms with Crippen molar-refractivity contribution in [3.05, 3.63) is 78.7 Å². The fourth-order valence-corrected chi connectivity index (χ4v) is 5.99. The van der Waals surface area contributed by atoms with E-state index in [0.29, 0.717) is 38.5 Å². The fourth-order valence-electron chi connectivity index (χ4n) is 4.99. The molecule has 0 bridgehead atoms. The van der Waals surface area contributed by atoms with E-state index in [9.17, 15) is 9.59 Å². The highest BCUT2D eigenvalue weighted by Crippen LogP contribution is 2.34. The van der Waals surface area contributed by atoms with Crippen molar-refractivity contribution in [2.24, 2.45) is 4.99 Å². The topological polar surface area (TPSA) is 89.5 Å². The number of methoxy groups -OCH3 is 1. The van der Waals surface area contributed by atoms with Crippen LogP contribution in [0.1, 0.15) is 44.1 Å². The number of benzene rings is 1. The Bertz CT molecular complexity index is 1560. The molecule has 2 aliphatic rings. The van der Waals surface area contributed by atoms with Crippen molar-refractivity contribution < 1.29 is 18.7 Å². The molecule has 0 amide bonds. The molecule has 1 saturated heterocycles. The molecule has 0 radical (unpaired) electrons. The Hall–Kier alpha value is -3.63. The second kappa shape index (κ2) is 11.6. The largest absolute Gasteiger partial charge is 0.497 e. The van der Waals surface area contributed by atoms with Crippen LogP contribution in [0.3, 0.4) is 0 Å². The summed E-state index contributed by atoms with van der Waals surface area (Å²) >= 11 is 1.30. The molecule has 10 heteroatoms. The minimum Gasteiger partial charge on any atom is -0.497 e. The minimum absolute atomic E-state index is 0.227. The Balaban J connectivity index is 1.63. The van der Waals surface area contributed by atoms with E-state index in [1.807, 2.05) is 43.3 Å². The van der Waals surface area contributed by atoms with Crippen molar-refractivity contribution in [2.75, 3.05) is 51.8 Å². The first-order valence-electron chi connectivity index (χ1n) is 13.3. The molecule has 206 valence electrons. The van der Waals surface area contributed by atoms with Crippen LogP contribution < -0.4 is 24.5 Å². The van der Waals surface area contributed by atoms with Crippen LogP contribution in [0.2, 0.25) is 0 Å². The van der Waals surface area contributed by atoms with Crippen molar-refractivity contribution >= 4 is 29.3 Å². The average molecular weight is 551 g/mol. The normalized spacial score (nSPS) is 18.2. The van der Waals surface area contributed by atoms with Gasteiger partial charge in [-0.2, -0.15) is 0 Å². The number of carbonyl (C=O) groups is 1. The molecule has 3 aromatic rings. The average Bonchev–Trinajstić information content (AvgIpc) is 3.53. The number of esters is 1. The van der Waals surface area contributed by atoms with E-state index in [0.717, 1.165) is 44.0 Å². The van der Waals surface area contributed by atoms with Crippen LogP contribution in [0, 0.1) is 0 Å². The number of allylic oxidation sites excluding steroid dienone is 1. The van der Waals surface area contributed by atoms with Crippen molar-refractivity contribution in [1.29, 1.82) is 0 Å². The highest BCUT2D eigenvalue weighted by Gasteiger charge is 2.34. The van der Waals surface area contributed by atoms with Gasteiger partial charge in [-0.1, -0.05) is 36.8 Å². The van der Waals surface area contributed by atoms with E-state index in [1.54, 1.807) is 24.7 Å². The van der Waals surface area contributed by atoms with E-state index < -0.39 is 12.0 Å². The van der Waals surface area contributed by atoms with Gasteiger partial charge in [0, 0.05) is 38.3 Å². The molecule has 0 unspecified atom stereocenters. The van der Waals surface area contributed by atoms with Gasteiger partial charge in [0.2, 0.25) is 0 Å². The third kappa shape index (κ3) is 5.44. The smallest absolute Gasteiger partial charge is 0.338 e. The zero-order valence-electron chi connectivity index (χ0n) is 22.8. The number of hydrogen-bond donors (Lipinski definition) is 0. The lowest BCUT2D eigenvalue weighted by atomic mass is 9.94. The predicted octanol–water partition coefficient (Wildman–Crippen LogP) is 2.93. The lowest BCUT2D eigenvalue weighted by Gasteiger charge is -2.32. The quantitative estimate of drug-likeness (QED) is 0.399. The van der Waals surface area contributed by atoms with Gasteiger partial charge in [-0.15, -0.1) is 0 Å². The summed E-state index contributed by atoms with van der Waals surface area (Å²) in [6.45, 7) is 7.77. The predicted molar refractivity (Wildman–Crippen MR) is 151 cm³/mol. The van der Waals surface area contributed by atoms with Gasteiger partial charge in [-0.3, -0.25) is 9.36 Å². The van der Waals surface area contributed by atoms with Gasteiger partial charge in [0.25, 0.3) is 5.56 Å². The van der Waals surface area contributed by atoms with Crippen LogP contribution in [0.25, 0.3) is 6.08 Å². The zero-order chi connectivity index (χ0) is 27.5. The molecule has 0 aliphatic carbocycles. The third-order valence-corrected chi connectivity index (χ3v) is 7.99. The molecule has 5 rings (SSSR count). The summed E-state index contributed by atoms with van der Waals surface area (Å²) in [4.78, 5) is 37.1.